The summed E-state index contributed by atoms with van der Waals surface area (Å²) in [6.45, 7) is 8.43. The van der Waals surface area contributed by atoms with Crippen molar-refractivity contribution in [2.45, 2.75) is 39.5 Å². The van der Waals surface area contributed by atoms with Crippen LogP contribution in [-0.2, 0) is 21.4 Å². The number of hydrogen-bond acceptors (Lipinski definition) is 2. The molecule has 0 aromatic heterocycles. The fourth-order valence-electron chi connectivity index (χ4n) is 2.69. The summed E-state index contributed by atoms with van der Waals surface area (Å²) >= 11 is 5.89. The molecule has 0 heterocycles. The Morgan fingerprint density at radius 2 is 1.59 bits per heavy atom. The van der Waals surface area contributed by atoms with E-state index < -0.39 is 0 Å². The van der Waals surface area contributed by atoms with Crippen LogP contribution in [0.1, 0.15) is 38.8 Å². The number of amides is 2. The van der Waals surface area contributed by atoms with Crippen LogP contribution < -0.4 is 5.32 Å². The molecule has 0 unspecified atom stereocenters. The van der Waals surface area contributed by atoms with Crippen LogP contribution in [0.5, 0.6) is 0 Å². The third kappa shape index (κ3) is 6.72. The van der Waals surface area contributed by atoms with Crippen LogP contribution in [0.2, 0.25) is 5.02 Å². The minimum atomic E-state index is -0.204. The first-order valence-corrected chi connectivity index (χ1v) is 9.43. The van der Waals surface area contributed by atoms with Gasteiger partial charge in [-0.05, 0) is 47.2 Å². The summed E-state index contributed by atoms with van der Waals surface area (Å²) in [5, 5.41) is 3.54. The van der Waals surface area contributed by atoms with Crippen molar-refractivity contribution in [2.75, 3.05) is 18.4 Å². The topological polar surface area (TPSA) is 49.4 Å². The van der Waals surface area contributed by atoms with Crippen molar-refractivity contribution < 1.29 is 9.59 Å². The van der Waals surface area contributed by atoms with Gasteiger partial charge in [-0.1, -0.05) is 56.6 Å². The number of carbonyl (C=O) groups excluding carboxylic acids is 2. The van der Waals surface area contributed by atoms with Crippen LogP contribution in [-0.4, -0.2) is 29.8 Å². The number of rotatable bonds is 6. The zero-order valence-corrected chi connectivity index (χ0v) is 17.1. The lowest BCUT2D eigenvalue weighted by atomic mass is 9.87. The monoisotopic (exact) mass is 386 g/mol. The van der Waals surface area contributed by atoms with Crippen molar-refractivity contribution in [2.24, 2.45) is 0 Å². The van der Waals surface area contributed by atoms with Gasteiger partial charge in [0.25, 0.3) is 0 Å². The first kappa shape index (κ1) is 21.0. The molecule has 0 saturated carbocycles. The average molecular weight is 387 g/mol. The summed E-state index contributed by atoms with van der Waals surface area (Å²) in [6.07, 6.45) is 0.671. The lowest BCUT2D eigenvalue weighted by Gasteiger charge is -2.21. The predicted molar refractivity (Wildman–Crippen MR) is 111 cm³/mol. The molecular formula is C22H27ClN2O2. The highest BCUT2D eigenvalue weighted by molar-refractivity contribution is 6.30. The maximum Gasteiger partial charge on any atom is 0.243 e. The van der Waals surface area contributed by atoms with E-state index in [0.29, 0.717) is 18.0 Å². The van der Waals surface area contributed by atoms with Crippen molar-refractivity contribution in [3.05, 3.63) is 64.7 Å². The molecule has 2 aromatic rings. The molecule has 0 aliphatic heterocycles. The maximum absolute atomic E-state index is 12.3. The largest absolute Gasteiger partial charge is 0.333 e. The van der Waals surface area contributed by atoms with Gasteiger partial charge in [-0.2, -0.15) is 0 Å². The fourth-order valence-corrected chi connectivity index (χ4v) is 2.82. The molecule has 0 saturated heterocycles. The number of nitrogens with zero attached hydrogens (tertiary/aromatic N) is 1. The van der Waals surface area contributed by atoms with E-state index in [2.05, 4.69) is 26.1 Å². The van der Waals surface area contributed by atoms with Crippen LogP contribution in [0.15, 0.2) is 48.5 Å². The molecule has 0 radical (unpaired) electrons. The molecule has 144 valence electrons. The highest BCUT2D eigenvalue weighted by Crippen LogP contribution is 2.23. The molecule has 0 bridgehead atoms. The van der Waals surface area contributed by atoms with Gasteiger partial charge in [-0.3, -0.25) is 9.59 Å². The second-order valence-corrected chi connectivity index (χ2v) is 8.13. The molecule has 0 aliphatic rings. The third-order valence-corrected chi connectivity index (χ3v) is 4.65. The van der Waals surface area contributed by atoms with Gasteiger partial charge in [-0.15, -0.1) is 0 Å². The summed E-state index contributed by atoms with van der Waals surface area (Å²) in [4.78, 5) is 25.8. The van der Waals surface area contributed by atoms with Crippen LogP contribution in [0.3, 0.4) is 0 Å². The molecule has 5 heteroatoms. The zero-order chi connectivity index (χ0) is 20.0. The molecule has 2 aromatic carbocycles. The van der Waals surface area contributed by atoms with Crippen LogP contribution in [0.25, 0.3) is 0 Å². The lowest BCUT2D eigenvalue weighted by molar-refractivity contribution is -0.132. The van der Waals surface area contributed by atoms with Crippen molar-refractivity contribution in [1.29, 1.82) is 0 Å². The second-order valence-electron chi connectivity index (χ2n) is 7.69. The standard InChI is InChI=1S/C22H27ClN2O2/c1-16(26)25(14-13-17-5-9-19(23)10-6-17)15-21(27)24-20-11-7-18(8-12-20)22(2,3)4/h5-12H,13-15H2,1-4H3,(H,24,27). The molecule has 0 spiro atoms. The van der Waals surface area contributed by atoms with Crippen LogP contribution in [0.4, 0.5) is 5.69 Å². The van der Waals surface area contributed by atoms with Crippen molar-refractivity contribution in [3.8, 4) is 0 Å². The molecule has 2 rings (SSSR count). The number of nitrogens with one attached hydrogen (secondary N) is 1. The number of hydrogen-bond donors (Lipinski definition) is 1. The van der Waals surface area contributed by atoms with Gasteiger partial charge >= 0.3 is 0 Å². The highest BCUT2D eigenvalue weighted by atomic mass is 35.5. The molecule has 0 atom stereocenters. The lowest BCUT2D eigenvalue weighted by Crippen LogP contribution is -2.38. The predicted octanol–water partition coefficient (Wildman–Crippen LogP) is 4.67. The highest BCUT2D eigenvalue weighted by Gasteiger charge is 2.15. The Morgan fingerprint density at radius 3 is 2.11 bits per heavy atom. The Labute approximate surface area is 166 Å². The molecule has 0 aliphatic carbocycles. The zero-order valence-electron chi connectivity index (χ0n) is 16.4. The van der Waals surface area contributed by atoms with Gasteiger partial charge in [-0.25, -0.2) is 0 Å². The summed E-state index contributed by atoms with van der Waals surface area (Å²) in [5.74, 6) is -0.327. The molecule has 2 amide bonds. The molecular weight excluding hydrogens is 360 g/mol. The van der Waals surface area contributed by atoms with Gasteiger partial charge in [0.1, 0.15) is 0 Å². The Balaban J connectivity index is 1.92. The number of benzene rings is 2. The normalized spacial score (nSPS) is 11.1. The number of anilines is 1. The minimum absolute atomic E-state index is 0.0317. The first-order chi connectivity index (χ1) is 12.6. The SMILES string of the molecule is CC(=O)N(CCc1ccc(Cl)cc1)CC(=O)Nc1ccc(C(C)(C)C)cc1. The average Bonchev–Trinajstić information content (AvgIpc) is 2.59. The fraction of sp³-hybridized carbons (Fsp3) is 0.364. The van der Waals surface area contributed by atoms with Crippen LogP contribution >= 0.6 is 11.6 Å². The van der Waals surface area contributed by atoms with Crippen molar-refractivity contribution >= 4 is 29.1 Å². The summed E-state index contributed by atoms with van der Waals surface area (Å²) in [7, 11) is 0. The molecule has 1 N–H and O–H groups in total. The van der Waals surface area contributed by atoms with Gasteiger partial charge < -0.3 is 10.2 Å². The quantitative estimate of drug-likeness (QED) is 0.784. The van der Waals surface area contributed by atoms with E-state index >= 15 is 0 Å². The molecule has 0 fully saturated rings. The molecule has 27 heavy (non-hydrogen) atoms. The Hall–Kier alpha value is -2.33. The van der Waals surface area contributed by atoms with E-state index in [-0.39, 0.29) is 23.8 Å². The van der Waals surface area contributed by atoms with Gasteiger partial charge in [0.15, 0.2) is 0 Å². The van der Waals surface area contributed by atoms with E-state index in [1.165, 1.54) is 12.5 Å². The molecule has 4 nitrogen and oxygen atoms in total. The van der Waals surface area contributed by atoms with Gasteiger partial charge in [0, 0.05) is 24.2 Å². The maximum atomic E-state index is 12.3. The Bertz CT molecular complexity index is 777. The van der Waals surface area contributed by atoms with Crippen molar-refractivity contribution in [1.82, 2.24) is 4.90 Å². The Morgan fingerprint density at radius 1 is 1.00 bits per heavy atom. The first-order valence-electron chi connectivity index (χ1n) is 9.05. The Kier molecular flexibility index (Phi) is 7.03. The van der Waals surface area contributed by atoms with E-state index in [4.69, 9.17) is 11.6 Å². The van der Waals surface area contributed by atoms with E-state index in [0.717, 1.165) is 11.3 Å². The van der Waals surface area contributed by atoms with E-state index in [9.17, 15) is 9.59 Å². The van der Waals surface area contributed by atoms with Gasteiger partial charge in [0.05, 0.1) is 6.54 Å². The third-order valence-electron chi connectivity index (χ3n) is 4.40. The summed E-state index contributed by atoms with van der Waals surface area (Å²) in [6, 6.07) is 15.3. The van der Waals surface area contributed by atoms with Gasteiger partial charge in [0.2, 0.25) is 11.8 Å². The van der Waals surface area contributed by atoms with Crippen LogP contribution in [0, 0.1) is 0 Å². The van der Waals surface area contributed by atoms with Crippen molar-refractivity contribution in [3.63, 3.8) is 0 Å². The summed E-state index contributed by atoms with van der Waals surface area (Å²) in [5.41, 5.74) is 3.07. The van der Waals surface area contributed by atoms with E-state index in [1.807, 2.05) is 48.5 Å². The smallest absolute Gasteiger partial charge is 0.243 e. The second kappa shape index (κ2) is 9.05. The number of carbonyl (C=O) groups is 2. The van der Waals surface area contributed by atoms with E-state index in [1.54, 1.807) is 4.90 Å². The minimum Gasteiger partial charge on any atom is -0.333 e. The number of halogens is 1. The summed E-state index contributed by atoms with van der Waals surface area (Å²) < 4.78 is 0.